The Labute approximate surface area is 300 Å². The second-order valence-electron chi connectivity index (χ2n) is 12.8. The zero-order chi connectivity index (χ0) is 33.5. The van der Waals surface area contributed by atoms with E-state index in [4.69, 9.17) is 15.0 Å². The first-order chi connectivity index (χ1) is 25.3. The van der Waals surface area contributed by atoms with Gasteiger partial charge >= 0.3 is 0 Å². The Kier molecular flexibility index (Phi) is 6.26. The van der Waals surface area contributed by atoms with Crippen LogP contribution in [0.25, 0.3) is 102 Å². The minimum atomic E-state index is 0.649. The van der Waals surface area contributed by atoms with Crippen LogP contribution in [0.3, 0.4) is 0 Å². The van der Waals surface area contributed by atoms with Crippen molar-refractivity contribution >= 4 is 84.8 Å². The molecule has 0 aliphatic carbocycles. The number of benzene rings is 7. The highest BCUT2D eigenvalue weighted by Gasteiger charge is 2.21. The maximum absolute atomic E-state index is 5.15. The molecule has 0 N–H and O–H groups in total. The Hall–Kier alpha value is -6.21. The molecule has 7 aromatic carbocycles. The number of hydrogen-bond donors (Lipinski definition) is 0. The molecule has 4 nitrogen and oxygen atoms in total. The van der Waals surface area contributed by atoms with Crippen LogP contribution in [0.5, 0.6) is 0 Å². The molecule has 0 unspecified atom stereocenters. The molecule has 0 amide bonds. The van der Waals surface area contributed by atoms with Gasteiger partial charge in [-0.15, -0.1) is 22.7 Å². The summed E-state index contributed by atoms with van der Waals surface area (Å²) in [6.45, 7) is 0. The molecule has 0 aliphatic heterocycles. The van der Waals surface area contributed by atoms with Crippen molar-refractivity contribution in [2.24, 2.45) is 0 Å². The van der Waals surface area contributed by atoms with E-state index in [0.717, 1.165) is 22.4 Å². The molecule has 0 radical (unpaired) electrons. The monoisotopic (exact) mass is 686 g/mol. The molecule has 238 valence electrons. The van der Waals surface area contributed by atoms with Gasteiger partial charge in [0.15, 0.2) is 17.5 Å². The van der Waals surface area contributed by atoms with Crippen molar-refractivity contribution in [3.63, 3.8) is 0 Å². The normalized spacial score (nSPS) is 11.9. The zero-order valence-corrected chi connectivity index (χ0v) is 28.7. The largest absolute Gasteiger partial charge is 0.308 e. The molecular formula is C45H26N4S2. The van der Waals surface area contributed by atoms with E-state index in [0.29, 0.717) is 17.5 Å². The molecule has 0 spiro atoms. The first kappa shape index (κ1) is 28.6. The van der Waals surface area contributed by atoms with Crippen molar-refractivity contribution in [2.75, 3.05) is 0 Å². The standard InChI is InChI=1S/C45H26N4S2/c1-3-13-27(14-4-1)43-46-44(28-15-5-2-6-16-28)48-45(47-43)29-23-37(42-32-19-9-12-22-39(32)51-41(42)24-29)49-35-20-10-7-17-30(35)33-25-34-31-18-8-11-21-38(31)50-40(34)26-36(33)49/h1-26H. The van der Waals surface area contributed by atoms with Gasteiger partial charge in [-0.1, -0.05) is 115 Å². The fraction of sp³-hybridized carbons (Fsp3) is 0. The molecule has 51 heavy (non-hydrogen) atoms. The summed E-state index contributed by atoms with van der Waals surface area (Å²) in [4.78, 5) is 15.3. The topological polar surface area (TPSA) is 43.6 Å². The van der Waals surface area contributed by atoms with E-state index in [2.05, 4.69) is 126 Å². The molecule has 6 heteroatoms. The van der Waals surface area contributed by atoms with Gasteiger partial charge in [-0.2, -0.15) is 0 Å². The van der Waals surface area contributed by atoms with Gasteiger partial charge in [0.1, 0.15) is 0 Å². The Morgan fingerprint density at radius 1 is 0.353 bits per heavy atom. The molecule has 0 saturated heterocycles. The van der Waals surface area contributed by atoms with Crippen LogP contribution in [0.2, 0.25) is 0 Å². The van der Waals surface area contributed by atoms with Crippen LogP contribution in [-0.4, -0.2) is 19.5 Å². The summed E-state index contributed by atoms with van der Waals surface area (Å²) < 4.78 is 7.51. The highest BCUT2D eigenvalue weighted by molar-refractivity contribution is 7.26. The molecule has 11 rings (SSSR count). The van der Waals surface area contributed by atoms with Gasteiger partial charge in [-0.3, -0.25) is 0 Å². The predicted octanol–water partition coefficient (Wildman–Crippen LogP) is 12.7. The number of fused-ring (bicyclic) bond motifs is 9. The van der Waals surface area contributed by atoms with Crippen molar-refractivity contribution in [1.29, 1.82) is 0 Å². The summed E-state index contributed by atoms with van der Waals surface area (Å²) in [6, 6.07) is 56.0. The van der Waals surface area contributed by atoms with Crippen LogP contribution in [0.15, 0.2) is 158 Å². The maximum atomic E-state index is 5.15. The summed E-state index contributed by atoms with van der Waals surface area (Å²) in [7, 11) is 0. The molecule has 0 fully saturated rings. The zero-order valence-electron chi connectivity index (χ0n) is 27.1. The van der Waals surface area contributed by atoms with Gasteiger partial charge in [0.2, 0.25) is 0 Å². The van der Waals surface area contributed by atoms with E-state index in [9.17, 15) is 0 Å². The molecular weight excluding hydrogens is 661 g/mol. The van der Waals surface area contributed by atoms with Gasteiger partial charge in [0, 0.05) is 67.8 Å². The van der Waals surface area contributed by atoms with Crippen LogP contribution >= 0.6 is 22.7 Å². The molecule has 0 bridgehead atoms. The van der Waals surface area contributed by atoms with Crippen molar-refractivity contribution in [1.82, 2.24) is 19.5 Å². The van der Waals surface area contributed by atoms with Crippen LogP contribution in [0.4, 0.5) is 0 Å². The van der Waals surface area contributed by atoms with E-state index in [1.165, 1.54) is 62.2 Å². The number of nitrogens with zero attached hydrogens (tertiary/aromatic N) is 4. The average Bonchev–Trinajstić information content (AvgIpc) is 3.86. The van der Waals surface area contributed by atoms with Crippen molar-refractivity contribution in [2.45, 2.75) is 0 Å². The minimum Gasteiger partial charge on any atom is -0.308 e. The number of para-hydroxylation sites is 1. The third-order valence-corrected chi connectivity index (χ3v) is 12.1. The Bertz CT molecular complexity index is 3080. The fourth-order valence-electron chi connectivity index (χ4n) is 7.52. The molecule has 0 saturated carbocycles. The average molecular weight is 687 g/mol. The third kappa shape index (κ3) is 4.47. The van der Waals surface area contributed by atoms with Crippen molar-refractivity contribution in [3.05, 3.63) is 158 Å². The number of rotatable bonds is 4. The lowest BCUT2D eigenvalue weighted by Gasteiger charge is -2.14. The van der Waals surface area contributed by atoms with Gasteiger partial charge in [0.25, 0.3) is 0 Å². The van der Waals surface area contributed by atoms with E-state index in [1.807, 2.05) is 59.1 Å². The highest BCUT2D eigenvalue weighted by Crippen LogP contribution is 2.45. The van der Waals surface area contributed by atoms with Gasteiger partial charge in [-0.25, -0.2) is 15.0 Å². The SMILES string of the molecule is c1ccc(-c2nc(-c3ccccc3)nc(-c3cc(-n4c5ccccc5c5cc6c(cc54)sc4ccccc46)c4c(c3)sc3ccccc34)n2)cc1. The fourth-order valence-corrected chi connectivity index (χ4v) is 9.81. The lowest BCUT2D eigenvalue weighted by atomic mass is 10.1. The Morgan fingerprint density at radius 3 is 1.61 bits per heavy atom. The highest BCUT2D eigenvalue weighted by atomic mass is 32.1. The molecule has 0 aliphatic rings. The smallest absolute Gasteiger partial charge is 0.164 e. The van der Waals surface area contributed by atoms with E-state index >= 15 is 0 Å². The second-order valence-corrected chi connectivity index (χ2v) is 15.0. The quantitative estimate of drug-likeness (QED) is 0.185. The first-order valence-electron chi connectivity index (χ1n) is 16.9. The lowest BCUT2D eigenvalue weighted by Crippen LogP contribution is -2.01. The maximum Gasteiger partial charge on any atom is 0.164 e. The summed E-state index contributed by atoms with van der Waals surface area (Å²) in [6.07, 6.45) is 0. The molecule has 0 atom stereocenters. The van der Waals surface area contributed by atoms with Crippen molar-refractivity contribution < 1.29 is 0 Å². The van der Waals surface area contributed by atoms with Crippen LogP contribution in [0.1, 0.15) is 0 Å². The predicted molar refractivity (Wildman–Crippen MR) is 216 cm³/mol. The van der Waals surface area contributed by atoms with Crippen molar-refractivity contribution in [3.8, 4) is 39.9 Å². The summed E-state index contributed by atoms with van der Waals surface area (Å²) in [5.41, 5.74) is 6.35. The summed E-state index contributed by atoms with van der Waals surface area (Å²) in [5, 5.41) is 7.58. The third-order valence-electron chi connectivity index (χ3n) is 9.83. The molecule has 11 aromatic rings. The van der Waals surface area contributed by atoms with Crippen LogP contribution in [0, 0.1) is 0 Å². The van der Waals surface area contributed by atoms with Gasteiger partial charge in [0.05, 0.1) is 16.7 Å². The lowest BCUT2D eigenvalue weighted by molar-refractivity contribution is 1.07. The van der Waals surface area contributed by atoms with E-state index < -0.39 is 0 Å². The van der Waals surface area contributed by atoms with E-state index in [1.54, 1.807) is 0 Å². The first-order valence-corrected chi connectivity index (χ1v) is 18.6. The minimum absolute atomic E-state index is 0.649. The number of thiophene rings is 2. The van der Waals surface area contributed by atoms with Gasteiger partial charge < -0.3 is 4.57 Å². The molecule has 4 heterocycles. The molecule has 4 aromatic heterocycles. The Balaban J connectivity index is 1.25. The van der Waals surface area contributed by atoms with Crippen LogP contribution < -0.4 is 0 Å². The number of hydrogen-bond acceptors (Lipinski definition) is 5. The number of aromatic nitrogens is 4. The summed E-state index contributed by atoms with van der Waals surface area (Å²) >= 11 is 3.68. The van der Waals surface area contributed by atoms with E-state index in [-0.39, 0.29) is 0 Å². The van der Waals surface area contributed by atoms with Crippen LogP contribution in [-0.2, 0) is 0 Å². The second kappa shape index (κ2) is 11.2. The van der Waals surface area contributed by atoms with Gasteiger partial charge in [-0.05, 0) is 42.5 Å². The summed E-state index contributed by atoms with van der Waals surface area (Å²) in [5.74, 6) is 1.96. The Morgan fingerprint density at radius 2 is 0.902 bits per heavy atom.